The van der Waals surface area contributed by atoms with E-state index in [-0.39, 0.29) is 23.8 Å². The highest BCUT2D eigenvalue weighted by molar-refractivity contribution is 5.97. The molecule has 1 N–H and O–H groups in total. The van der Waals surface area contributed by atoms with Crippen LogP contribution in [0.15, 0.2) is 53.6 Å². The molecular weight excluding hydrogens is 472 g/mol. The number of carbonyl (C=O) groups is 1. The number of alkyl halides is 6. The van der Waals surface area contributed by atoms with Gasteiger partial charge in [-0.2, -0.15) is 13.2 Å². The van der Waals surface area contributed by atoms with Gasteiger partial charge in [-0.1, -0.05) is 6.07 Å². The number of hydrogen-bond donors (Lipinski definition) is 1. The van der Waals surface area contributed by atoms with E-state index in [2.05, 4.69) is 15.2 Å². The number of nitrogens with zero attached hydrogens (tertiary/aromatic N) is 2. The van der Waals surface area contributed by atoms with Crippen molar-refractivity contribution in [1.29, 1.82) is 0 Å². The predicted molar refractivity (Wildman–Crippen MR) is 108 cm³/mol. The summed E-state index contributed by atoms with van der Waals surface area (Å²) in [4.78, 5) is 12.8. The van der Waals surface area contributed by atoms with Gasteiger partial charge in [0.05, 0.1) is 5.56 Å². The molecule has 1 aliphatic heterocycles. The minimum absolute atomic E-state index is 0.0297. The summed E-state index contributed by atoms with van der Waals surface area (Å²) in [6.07, 6.45) is -10.5. The SMILES string of the molecule is CCOC1OC(c2cccc(C(F)(F)F)c2)=NN(C(=O)Nc2ccc(OC(F)(F)F)cc2)C1C. The van der Waals surface area contributed by atoms with E-state index in [1.54, 1.807) is 13.8 Å². The highest BCUT2D eigenvalue weighted by Gasteiger charge is 2.37. The van der Waals surface area contributed by atoms with Crippen LogP contribution in [-0.4, -0.2) is 42.2 Å². The lowest BCUT2D eigenvalue weighted by atomic mass is 10.1. The third kappa shape index (κ3) is 6.31. The lowest BCUT2D eigenvalue weighted by Gasteiger charge is -2.35. The molecule has 0 bridgehead atoms. The second-order valence-electron chi connectivity index (χ2n) is 7.01. The molecule has 34 heavy (non-hydrogen) atoms. The number of benzene rings is 2. The van der Waals surface area contributed by atoms with Crippen LogP contribution in [0.25, 0.3) is 0 Å². The van der Waals surface area contributed by atoms with Gasteiger partial charge < -0.3 is 19.5 Å². The van der Waals surface area contributed by atoms with E-state index < -0.39 is 42.2 Å². The van der Waals surface area contributed by atoms with E-state index in [0.717, 1.165) is 29.3 Å². The molecule has 1 aliphatic rings. The minimum atomic E-state index is -4.86. The van der Waals surface area contributed by atoms with Gasteiger partial charge in [0, 0.05) is 17.9 Å². The van der Waals surface area contributed by atoms with Gasteiger partial charge in [-0.3, -0.25) is 0 Å². The lowest BCUT2D eigenvalue weighted by molar-refractivity contribution is -0.274. The Balaban J connectivity index is 1.85. The Morgan fingerprint density at radius 1 is 1.12 bits per heavy atom. The first-order valence-corrected chi connectivity index (χ1v) is 9.88. The Labute approximate surface area is 189 Å². The number of halogens is 6. The highest BCUT2D eigenvalue weighted by Crippen LogP contribution is 2.31. The summed E-state index contributed by atoms with van der Waals surface area (Å²) in [7, 11) is 0. The van der Waals surface area contributed by atoms with Gasteiger partial charge in [-0.15, -0.1) is 18.3 Å². The van der Waals surface area contributed by atoms with Gasteiger partial charge in [0.15, 0.2) is 0 Å². The first kappa shape index (κ1) is 25.1. The van der Waals surface area contributed by atoms with E-state index in [9.17, 15) is 31.1 Å². The van der Waals surface area contributed by atoms with Crippen LogP contribution in [0.3, 0.4) is 0 Å². The maximum Gasteiger partial charge on any atom is 0.573 e. The lowest BCUT2D eigenvalue weighted by Crippen LogP contribution is -2.51. The van der Waals surface area contributed by atoms with Gasteiger partial charge >= 0.3 is 18.6 Å². The van der Waals surface area contributed by atoms with Crippen molar-refractivity contribution < 1.29 is 45.3 Å². The normalized spacial score (nSPS) is 18.7. The third-order valence-electron chi connectivity index (χ3n) is 4.52. The van der Waals surface area contributed by atoms with E-state index in [0.29, 0.717) is 0 Å². The fourth-order valence-corrected chi connectivity index (χ4v) is 2.98. The molecule has 13 heteroatoms. The van der Waals surface area contributed by atoms with Crippen molar-refractivity contribution in [2.75, 3.05) is 11.9 Å². The molecule has 2 aromatic carbocycles. The second-order valence-corrected chi connectivity index (χ2v) is 7.01. The quantitative estimate of drug-likeness (QED) is 0.555. The van der Waals surface area contributed by atoms with Gasteiger partial charge in [-0.25, -0.2) is 9.80 Å². The number of rotatable bonds is 5. The smallest absolute Gasteiger partial charge is 0.444 e. The number of hydrazone groups is 1. The molecule has 1 heterocycles. The molecule has 184 valence electrons. The number of ether oxygens (including phenoxy) is 3. The topological polar surface area (TPSA) is 72.4 Å². The summed E-state index contributed by atoms with van der Waals surface area (Å²) in [5, 5.41) is 7.43. The summed E-state index contributed by atoms with van der Waals surface area (Å²) in [5.41, 5.74) is -0.833. The summed E-state index contributed by atoms with van der Waals surface area (Å²) in [6.45, 7) is 3.40. The van der Waals surface area contributed by atoms with Crippen LogP contribution >= 0.6 is 0 Å². The van der Waals surface area contributed by atoms with Gasteiger partial charge in [0.2, 0.25) is 12.2 Å². The average molecular weight is 491 g/mol. The first-order valence-electron chi connectivity index (χ1n) is 9.88. The summed E-state index contributed by atoms with van der Waals surface area (Å²) in [6, 6.07) is 6.99. The second kappa shape index (κ2) is 9.79. The monoisotopic (exact) mass is 491 g/mol. The molecule has 0 aliphatic carbocycles. The van der Waals surface area contributed by atoms with E-state index >= 15 is 0 Å². The van der Waals surface area contributed by atoms with Crippen molar-refractivity contribution in [3.05, 3.63) is 59.7 Å². The van der Waals surface area contributed by atoms with Crippen molar-refractivity contribution in [3.8, 4) is 5.75 Å². The number of amides is 2. The Kier molecular flexibility index (Phi) is 7.24. The largest absolute Gasteiger partial charge is 0.573 e. The van der Waals surface area contributed by atoms with Crippen LogP contribution in [0, 0.1) is 0 Å². The van der Waals surface area contributed by atoms with Crippen molar-refractivity contribution >= 4 is 17.6 Å². The molecule has 0 saturated heterocycles. The molecule has 2 unspecified atom stereocenters. The van der Waals surface area contributed by atoms with Crippen LogP contribution < -0.4 is 10.1 Å². The summed E-state index contributed by atoms with van der Waals surface area (Å²) < 4.78 is 91.1. The average Bonchev–Trinajstić information content (AvgIpc) is 2.75. The van der Waals surface area contributed by atoms with Crippen LogP contribution in [0.1, 0.15) is 25.0 Å². The van der Waals surface area contributed by atoms with E-state index in [1.165, 1.54) is 24.3 Å². The zero-order chi connectivity index (χ0) is 25.1. The molecular formula is C21H19F6N3O4. The molecule has 7 nitrogen and oxygen atoms in total. The van der Waals surface area contributed by atoms with Crippen molar-refractivity contribution in [3.63, 3.8) is 0 Å². The standard InChI is InChI=1S/C21H19F6N3O4/c1-3-32-18-12(2)30(19(31)28-15-7-9-16(10-8-15)34-21(25,26)27)29-17(33-18)13-5-4-6-14(11-13)20(22,23)24/h4-12,18H,3H2,1-2H3,(H,28,31). The number of hydrogen-bond acceptors (Lipinski definition) is 5. The molecule has 2 atom stereocenters. The fraction of sp³-hybridized carbons (Fsp3) is 0.333. The van der Waals surface area contributed by atoms with Crippen molar-refractivity contribution in [2.45, 2.75) is 38.7 Å². The number of anilines is 1. The minimum Gasteiger partial charge on any atom is -0.444 e. The molecule has 2 aromatic rings. The summed E-state index contributed by atoms with van der Waals surface area (Å²) >= 11 is 0. The predicted octanol–water partition coefficient (Wildman–Crippen LogP) is 5.58. The number of carbonyl (C=O) groups excluding carboxylic acids is 1. The zero-order valence-corrected chi connectivity index (χ0v) is 17.8. The fourth-order valence-electron chi connectivity index (χ4n) is 2.98. The van der Waals surface area contributed by atoms with Crippen LogP contribution in [-0.2, 0) is 15.7 Å². The number of urea groups is 1. The Morgan fingerprint density at radius 2 is 1.79 bits per heavy atom. The Bertz CT molecular complexity index is 1040. The number of nitrogens with one attached hydrogen (secondary N) is 1. The third-order valence-corrected chi connectivity index (χ3v) is 4.52. The summed E-state index contributed by atoms with van der Waals surface area (Å²) in [5.74, 6) is -0.752. The Morgan fingerprint density at radius 3 is 2.38 bits per heavy atom. The highest BCUT2D eigenvalue weighted by atomic mass is 19.4. The molecule has 3 rings (SSSR count). The molecule has 2 amide bonds. The molecule has 0 spiro atoms. The van der Waals surface area contributed by atoms with Crippen LogP contribution in [0.4, 0.5) is 36.8 Å². The molecule has 0 aromatic heterocycles. The Hall–Kier alpha value is -3.48. The maximum absolute atomic E-state index is 13.1. The van der Waals surface area contributed by atoms with Crippen LogP contribution in [0.2, 0.25) is 0 Å². The van der Waals surface area contributed by atoms with Crippen molar-refractivity contribution in [2.24, 2.45) is 5.10 Å². The van der Waals surface area contributed by atoms with E-state index in [1.807, 2.05) is 0 Å². The molecule has 0 radical (unpaired) electrons. The molecule has 0 saturated carbocycles. The van der Waals surface area contributed by atoms with Gasteiger partial charge in [0.1, 0.15) is 11.8 Å². The molecule has 0 fully saturated rings. The first-order chi connectivity index (χ1) is 15.9. The zero-order valence-electron chi connectivity index (χ0n) is 17.8. The van der Waals surface area contributed by atoms with Crippen molar-refractivity contribution in [1.82, 2.24) is 5.01 Å². The maximum atomic E-state index is 13.1. The van der Waals surface area contributed by atoms with Crippen LogP contribution in [0.5, 0.6) is 5.75 Å². The van der Waals surface area contributed by atoms with Gasteiger partial charge in [0.25, 0.3) is 0 Å². The van der Waals surface area contributed by atoms with E-state index in [4.69, 9.17) is 9.47 Å². The van der Waals surface area contributed by atoms with Gasteiger partial charge in [-0.05, 0) is 56.3 Å².